The Bertz CT molecular complexity index is 757. The van der Waals surface area contributed by atoms with E-state index < -0.39 is 8.38 Å². The zero-order valence-corrected chi connectivity index (χ0v) is 18.7. The lowest BCUT2D eigenvalue weighted by Gasteiger charge is -2.43. The molecule has 2 aromatic carbocycles. The summed E-state index contributed by atoms with van der Waals surface area (Å²) in [5.41, 5.74) is 5.45. The van der Waals surface area contributed by atoms with Gasteiger partial charge in [0.25, 0.3) is 0 Å². The fraction of sp³-hybridized carbons (Fsp3) is 0.538. The monoisotopic (exact) mass is 410 g/mol. The summed E-state index contributed by atoms with van der Waals surface area (Å²) < 4.78 is 6.49. The summed E-state index contributed by atoms with van der Waals surface area (Å²) in [7, 11) is -1.35. The number of rotatable bonds is 9. The number of benzene rings is 2. The molecule has 0 bridgehead atoms. The number of hydrogen-bond acceptors (Lipinski definition) is 2. The minimum absolute atomic E-state index is 0.0808. The summed E-state index contributed by atoms with van der Waals surface area (Å²) in [5, 5.41) is 0. The van der Waals surface area contributed by atoms with Crippen molar-refractivity contribution in [1.82, 2.24) is 0 Å². The second kappa shape index (κ2) is 9.73. The molecule has 1 N–H and O–H groups in total. The van der Waals surface area contributed by atoms with Gasteiger partial charge in [0, 0.05) is 11.6 Å². The molecule has 2 atom stereocenters. The van der Waals surface area contributed by atoms with Crippen molar-refractivity contribution in [3.63, 3.8) is 0 Å². The first-order chi connectivity index (χ1) is 14.3. The Hall–Kier alpha value is -1.21. The molecule has 3 heteroatoms. The van der Waals surface area contributed by atoms with Crippen molar-refractivity contribution in [2.45, 2.75) is 82.7 Å². The van der Waals surface area contributed by atoms with Gasteiger partial charge in [0.05, 0.1) is 6.10 Å². The molecular weight excluding hydrogens is 375 g/mol. The maximum atomic E-state index is 10.8. The molecule has 2 unspecified atom stereocenters. The van der Waals surface area contributed by atoms with E-state index in [4.69, 9.17) is 4.52 Å². The van der Waals surface area contributed by atoms with Crippen molar-refractivity contribution >= 4 is 8.38 Å². The zero-order chi connectivity index (χ0) is 20.1. The number of fused-ring (bicyclic) bond motifs is 5. The van der Waals surface area contributed by atoms with Crippen LogP contribution in [-0.2, 0) is 9.94 Å². The van der Waals surface area contributed by atoms with E-state index in [0.29, 0.717) is 0 Å². The van der Waals surface area contributed by atoms with E-state index >= 15 is 0 Å². The van der Waals surface area contributed by atoms with Gasteiger partial charge in [-0.3, -0.25) is 0 Å². The van der Waals surface area contributed by atoms with Crippen molar-refractivity contribution in [3.05, 3.63) is 59.7 Å². The maximum absolute atomic E-state index is 10.8. The minimum Gasteiger partial charge on any atom is -0.350 e. The lowest BCUT2D eigenvalue weighted by molar-refractivity contribution is 0.0902. The average Bonchev–Trinajstić information content (AvgIpc) is 3.03. The highest BCUT2D eigenvalue weighted by molar-refractivity contribution is 7.46. The van der Waals surface area contributed by atoms with Crippen molar-refractivity contribution in [1.29, 1.82) is 0 Å². The van der Waals surface area contributed by atoms with Crippen molar-refractivity contribution < 1.29 is 9.42 Å². The molecule has 0 aromatic heterocycles. The third-order valence-electron chi connectivity index (χ3n) is 6.89. The van der Waals surface area contributed by atoms with Crippen LogP contribution in [0.5, 0.6) is 0 Å². The zero-order valence-electron chi connectivity index (χ0n) is 17.8. The summed E-state index contributed by atoms with van der Waals surface area (Å²) in [5.74, 6) is 0. The van der Waals surface area contributed by atoms with Gasteiger partial charge in [-0.1, -0.05) is 100 Å². The fourth-order valence-corrected chi connectivity index (χ4v) is 6.66. The van der Waals surface area contributed by atoms with E-state index in [1.165, 1.54) is 67.2 Å². The van der Waals surface area contributed by atoms with E-state index in [2.05, 4.69) is 55.5 Å². The first-order valence-corrected chi connectivity index (χ1v) is 13.0. The van der Waals surface area contributed by atoms with Crippen LogP contribution in [0.2, 0.25) is 0 Å². The van der Waals surface area contributed by atoms with Crippen molar-refractivity contribution in [2.75, 3.05) is 6.16 Å². The molecule has 0 saturated heterocycles. The minimum atomic E-state index is -1.35. The first kappa shape index (κ1) is 21.0. The standard InChI is InChI=1S/C26H35O2P/c1-2-3-4-5-6-13-20-29(27)28-25-18-11-12-19-26(25)23-16-9-7-14-21(23)22-15-8-10-17-24(22)26/h7-10,14-17,25,27H,2-6,11-13,18-20H2,1H3. The summed E-state index contributed by atoms with van der Waals surface area (Å²) in [4.78, 5) is 10.8. The second-order valence-electron chi connectivity index (χ2n) is 8.75. The maximum Gasteiger partial charge on any atom is 0.168 e. The van der Waals surface area contributed by atoms with Gasteiger partial charge in [0.15, 0.2) is 8.38 Å². The molecule has 2 aromatic rings. The van der Waals surface area contributed by atoms with Gasteiger partial charge in [0.1, 0.15) is 0 Å². The van der Waals surface area contributed by atoms with E-state index in [1.54, 1.807) is 0 Å². The molecule has 29 heavy (non-hydrogen) atoms. The Kier molecular flexibility index (Phi) is 7.06. The Morgan fingerprint density at radius 3 is 2.21 bits per heavy atom. The highest BCUT2D eigenvalue weighted by atomic mass is 31.2. The van der Waals surface area contributed by atoms with Gasteiger partial charge >= 0.3 is 0 Å². The van der Waals surface area contributed by atoms with E-state index in [-0.39, 0.29) is 11.5 Å². The normalized spacial score (nSPS) is 20.4. The Balaban J connectivity index is 1.51. The van der Waals surface area contributed by atoms with Gasteiger partial charge in [0.2, 0.25) is 0 Å². The number of hydrogen-bond donors (Lipinski definition) is 1. The quantitative estimate of drug-likeness (QED) is 0.341. The summed E-state index contributed by atoms with van der Waals surface area (Å²) in [6, 6.07) is 17.7. The third-order valence-corrected chi connectivity index (χ3v) is 8.09. The molecule has 2 aliphatic rings. The van der Waals surface area contributed by atoms with Crippen molar-refractivity contribution in [2.24, 2.45) is 0 Å². The van der Waals surface area contributed by atoms with Crippen LogP contribution < -0.4 is 0 Å². The molecule has 1 saturated carbocycles. The molecule has 1 fully saturated rings. The van der Waals surface area contributed by atoms with Crippen LogP contribution in [0, 0.1) is 0 Å². The molecule has 2 nitrogen and oxygen atoms in total. The van der Waals surface area contributed by atoms with Gasteiger partial charge in [-0.15, -0.1) is 0 Å². The number of unbranched alkanes of at least 4 members (excludes halogenated alkanes) is 5. The lowest BCUT2D eigenvalue weighted by Crippen LogP contribution is -2.42. The lowest BCUT2D eigenvalue weighted by atomic mass is 9.66. The van der Waals surface area contributed by atoms with Crippen LogP contribution in [0.3, 0.4) is 0 Å². The molecule has 156 valence electrons. The molecular formula is C26H35O2P. The topological polar surface area (TPSA) is 29.5 Å². The van der Waals surface area contributed by atoms with Crippen LogP contribution in [0.15, 0.2) is 48.5 Å². The molecule has 2 aliphatic carbocycles. The van der Waals surface area contributed by atoms with E-state index in [0.717, 1.165) is 25.4 Å². The van der Waals surface area contributed by atoms with Gasteiger partial charge in [-0.05, 0) is 41.5 Å². The second-order valence-corrected chi connectivity index (χ2v) is 10.1. The summed E-state index contributed by atoms with van der Waals surface area (Å²) >= 11 is 0. The highest BCUT2D eigenvalue weighted by Crippen LogP contribution is 2.58. The molecule has 1 spiro atoms. The molecule has 0 amide bonds. The molecule has 0 radical (unpaired) electrons. The van der Waals surface area contributed by atoms with E-state index in [1.807, 2.05) is 0 Å². The van der Waals surface area contributed by atoms with Crippen LogP contribution in [-0.4, -0.2) is 17.2 Å². The molecule has 0 aliphatic heterocycles. The summed E-state index contributed by atoms with van der Waals surface area (Å²) in [6.07, 6.45) is 13.0. The SMILES string of the molecule is CCCCCCCCP(O)OC1CCCCC12c1ccccc1-c1ccccc12. The van der Waals surface area contributed by atoms with Crippen LogP contribution in [0.25, 0.3) is 11.1 Å². The Morgan fingerprint density at radius 2 is 1.52 bits per heavy atom. The van der Waals surface area contributed by atoms with E-state index in [9.17, 15) is 4.89 Å². The molecule has 0 heterocycles. The third kappa shape index (κ3) is 4.18. The highest BCUT2D eigenvalue weighted by Gasteiger charge is 2.50. The average molecular weight is 411 g/mol. The summed E-state index contributed by atoms with van der Waals surface area (Å²) in [6.45, 7) is 2.25. The van der Waals surface area contributed by atoms with Crippen LogP contribution in [0.4, 0.5) is 0 Å². The largest absolute Gasteiger partial charge is 0.350 e. The van der Waals surface area contributed by atoms with Crippen LogP contribution >= 0.6 is 8.38 Å². The Labute approximate surface area is 177 Å². The first-order valence-electron chi connectivity index (χ1n) is 11.6. The predicted octanol–water partition coefficient (Wildman–Crippen LogP) is 7.58. The molecule has 4 rings (SSSR count). The smallest absolute Gasteiger partial charge is 0.168 e. The van der Waals surface area contributed by atoms with Gasteiger partial charge in [-0.2, -0.15) is 0 Å². The predicted molar refractivity (Wildman–Crippen MR) is 123 cm³/mol. The van der Waals surface area contributed by atoms with Gasteiger partial charge in [-0.25, -0.2) is 0 Å². The fourth-order valence-electron chi connectivity index (χ4n) is 5.49. The Morgan fingerprint density at radius 1 is 0.897 bits per heavy atom. The van der Waals surface area contributed by atoms with Crippen LogP contribution in [0.1, 0.15) is 82.3 Å². The van der Waals surface area contributed by atoms with Crippen molar-refractivity contribution in [3.8, 4) is 11.1 Å². The van der Waals surface area contributed by atoms with Gasteiger partial charge < -0.3 is 9.42 Å².